The molecule has 0 bridgehead atoms. The van der Waals surface area contributed by atoms with E-state index < -0.39 is 16.0 Å². The van der Waals surface area contributed by atoms with Gasteiger partial charge in [0.2, 0.25) is 0 Å². The lowest BCUT2D eigenvalue weighted by atomic mass is 9.71. The largest absolute Gasteiger partial charge is 0.377 e. The Labute approximate surface area is 214 Å². The highest BCUT2D eigenvalue weighted by atomic mass is 79.9. The highest BCUT2D eigenvalue weighted by Crippen LogP contribution is 2.50. The molecular formula is C25H21Br2NO5S. The van der Waals surface area contributed by atoms with Gasteiger partial charge in [-0.15, -0.1) is 0 Å². The van der Waals surface area contributed by atoms with E-state index in [9.17, 15) is 18.0 Å². The maximum Gasteiger partial charge on any atom is 0.339 e. The number of hydrogen-bond donors (Lipinski definition) is 1. The third kappa shape index (κ3) is 4.18. The van der Waals surface area contributed by atoms with E-state index >= 15 is 0 Å². The summed E-state index contributed by atoms with van der Waals surface area (Å²) in [4.78, 5) is 26.4. The molecule has 1 N–H and O–H groups in total. The predicted octanol–water partition coefficient (Wildman–Crippen LogP) is 5.68. The quantitative estimate of drug-likeness (QED) is 0.450. The molecular weight excluding hydrogens is 586 g/mol. The van der Waals surface area contributed by atoms with E-state index in [0.29, 0.717) is 51.3 Å². The van der Waals surface area contributed by atoms with Crippen LogP contribution in [0.5, 0.6) is 5.75 Å². The van der Waals surface area contributed by atoms with Crippen LogP contribution in [-0.2, 0) is 19.7 Å². The van der Waals surface area contributed by atoms with Crippen molar-refractivity contribution in [2.45, 2.75) is 49.3 Å². The van der Waals surface area contributed by atoms with Gasteiger partial charge in [-0.2, -0.15) is 8.42 Å². The van der Waals surface area contributed by atoms with Gasteiger partial charge in [0.15, 0.2) is 17.3 Å². The number of ketones is 2. The van der Waals surface area contributed by atoms with Crippen molar-refractivity contribution in [2.24, 2.45) is 0 Å². The fourth-order valence-corrected chi connectivity index (χ4v) is 7.36. The summed E-state index contributed by atoms with van der Waals surface area (Å²) in [6.07, 6.45) is 3.67. The van der Waals surface area contributed by atoms with Crippen molar-refractivity contribution in [3.63, 3.8) is 0 Å². The molecule has 2 aromatic carbocycles. The topological polar surface area (TPSA) is 89.5 Å². The van der Waals surface area contributed by atoms with Crippen LogP contribution >= 0.6 is 31.9 Å². The fraction of sp³-hybridized carbons (Fsp3) is 0.280. The minimum atomic E-state index is -4.16. The van der Waals surface area contributed by atoms with E-state index in [-0.39, 0.29) is 22.2 Å². The summed E-state index contributed by atoms with van der Waals surface area (Å²) in [6, 6.07) is 11.3. The van der Waals surface area contributed by atoms with Crippen LogP contribution in [0.25, 0.3) is 0 Å². The second kappa shape index (κ2) is 9.09. The van der Waals surface area contributed by atoms with Gasteiger partial charge in [0.05, 0.1) is 4.47 Å². The van der Waals surface area contributed by atoms with Gasteiger partial charge in [-0.3, -0.25) is 9.59 Å². The highest BCUT2D eigenvalue weighted by Gasteiger charge is 2.42. The van der Waals surface area contributed by atoms with Crippen LogP contribution < -0.4 is 9.50 Å². The molecule has 0 atom stereocenters. The number of nitrogens with one attached hydrogen (secondary N) is 1. The number of halogens is 2. The van der Waals surface area contributed by atoms with Gasteiger partial charge in [0.25, 0.3) is 0 Å². The summed E-state index contributed by atoms with van der Waals surface area (Å²) in [5, 5.41) is 3.38. The number of Topliss-reactive ketones (excluding diaryl/α,β-unsaturated/α-hetero) is 2. The zero-order chi connectivity index (χ0) is 24.0. The van der Waals surface area contributed by atoms with Crippen LogP contribution in [0, 0.1) is 0 Å². The van der Waals surface area contributed by atoms with Gasteiger partial charge >= 0.3 is 10.1 Å². The summed E-state index contributed by atoms with van der Waals surface area (Å²) in [7, 11) is -4.16. The average Bonchev–Trinajstić information content (AvgIpc) is 2.80. The van der Waals surface area contributed by atoms with Crippen molar-refractivity contribution in [2.75, 3.05) is 0 Å². The summed E-state index contributed by atoms with van der Waals surface area (Å²) in [5.41, 5.74) is 3.18. The molecule has 1 heterocycles. The van der Waals surface area contributed by atoms with Crippen molar-refractivity contribution in [1.82, 2.24) is 5.32 Å². The van der Waals surface area contributed by atoms with Crippen LogP contribution in [0.2, 0.25) is 0 Å². The molecule has 6 nitrogen and oxygen atoms in total. The lowest BCUT2D eigenvalue weighted by Gasteiger charge is -2.37. The van der Waals surface area contributed by atoms with Gasteiger partial charge in [-0.25, -0.2) is 0 Å². The third-order valence-corrected chi connectivity index (χ3v) is 8.65. The molecule has 0 fully saturated rings. The molecule has 176 valence electrons. The Morgan fingerprint density at radius 3 is 2.03 bits per heavy atom. The number of hydrogen-bond acceptors (Lipinski definition) is 6. The first kappa shape index (κ1) is 23.5. The lowest BCUT2D eigenvalue weighted by Crippen LogP contribution is -2.36. The zero-order valence-corrected chi connectivity index (χ0v) is 22.1. The molecule has 3 aliphatic rings. The molecule has 5 rings (SSSR count). The molecule has 2 aromatic rings. The Balaban J connectivity index is 1.72. The van der Waals surface area contributed by atoms with E-state index in [2.05, 4.69) is 37.2 Å². The van der Waals surface area contributed by atoms with Crippen LogP contribution in [0.15, 0.2) is 78.8 Å². The normalized spacial score (nSPS) is 19.0. The van der Waals surface area contributed by atoms with E-state index in [0.717, 1.165) is 24.2 Å². The molecule has 1 aliphatic heterocycles. The second-order valence-electron chi connectivity index (χ2n) is 8.55. The number of rotatable bonds is 4. The van der Waals surface area contributed by atoms with Crippen molar-refractivity contribution in [3.05, 3.63) is 79.5 Å². The third-order valence-electron chi connectivity index (χ3n) is 6.36. The smallest absolute Gasteiger partial charge is 0.339 e. The molecule has 0 spiro atoms. The molecule has 2 aliphatic carbocycles. The minimum absolute atomic E-state index is 0.0170. The molecule has 34 heavy (non-hydrogen) atoms. The van der Waals surface area contributed by atoms with Crippen molar-refractivity contribution >= 4 is 53.5 Å². The number of allylic oxidation sites excluding steroid dienone is 4. The molecule has 0 saturated heterocycles. The Morgan fingerprint density at radius 1 is 0.853 bits per heavy atom. The van der Waals surface area contributed by atoms with Crippen molar-refractivity contribution in [1.29, 1.82) is 0 Å². The van der Waals surface area contributed by atoms with Crippen LogP contribution in [0.1, 0.15) is 50.0 Å². The number of carbonyl (C=O) groups excluding carboxylic acids is 2. The number of carbonyl (C=O) groups is 2. The van der Waals surface area contributed by atoms with Gasteiger partial charge in [-0.1, -0.05) is 34.1 Å². The molecule has 0 saturated carbocycles. The summed E-state index contributed by atoms with van der Waals surface area (Å²) in [5.74, 6) is -0.677. The van der Waals surface area contributed by atoms with E-state index in [1.165, 1.54) is 12.1 Å². The van der Waals surface area contributed by atoms with Gasteiger partial charge < -0.3 is 9.50 Å². The lowest BCUT2D eigenvalue weighted by molar-refractivity contribution is -0.116. The SMILES string of the molecule is O=C1CCCC2=C1C(c1cc(Br)cc(Br)c1OS(=O)(=O)c1ccccc1)C1=C(CCCC1=O)N2. The first-order chi connectivity index (χ1) is 16.3. The van der Waals surface area contributed by atoms with Gasteiger partial charge in [0, 0.05) is 51.3 Å². The highest BCUT2D eigenvalue weighted by molar-refractivity contribution is 9.11. The fourth-order valence-electron chi connectivity index (χ4n) is 4.92. The Kier molecular flexibility index (Phi) is 6.29. The predicted molar refractivity (Wildman–Crippen MR) is 134 cm³/mol. The summed E-state index contributed by atoms with van der Waals surface area (Å²) >= 11 is 6.95. The minimum Gasteiger partial charge on any atom is -0.377 e. The van der Waals surface area contributed by atoms with Crippen molar-refractivity contribution in [3.8, 4) is 5.75 Å². The van der Waals surface area contributed by atoms with Crippen LogP contribution in [0.3, 0.4) is 0 Å². The summed E-state index contributed by atoms with van der Waals surface area (Å²) in [6.45, 7) is 0. The standard InChI is InChI=1S/C25H21Br2NO5S/c26-14-12-16(25(17(27)13-14)33-34(31,32)15-6-2-1-3-7-15)22-23-18(8-4-10-20(23)29)28-19-9-5-11-21(30)24(19)22/h1-3,6-7,12-13,22,28H,4-5,8-11H2. The zero-order valence-electron chi connectivity index (χ0n) is 18.1. The average molecular weight is 607 g/mol. The van der Waals surface area contributed by atoms with Crippen LogP contribution in [-0.4, -0.2) is 20.0 Å². The number of benzene rings is 2. The van der Waals surface area contributed by atoms with Crippen molar-refractivity contribution < 1.29 is 22.2 Å². The molecule has 0 unspecified atom stereocenters. The summed E-state index contributed by atoms with van der Waals surface area (Å²) < 4.78 is 33.1. The maximum atomic E-state index is 13.2. The molecule has 0 radical (unpaired) electrons. The Hall–Kier alpha value is -2.23. The molecule has 9 heteroatoms. The first-order valence-corrected chi connectivity index (χ1v) is 14.0. The van der Waals surface area contributed by atoms with Gasteiger partial charge in [0.1, 0.15) is 4.90 Å². The Bertz CT molecular complexity index is 1340. The molecule has 0 amide bonds. The van der Waals surface area contributed by atoms with E-state index in [1.807, 2.05) is 0 Å². The monoisotopic (exact) mass is 605 g/mol. The Morgan fingerprint density at radius 2 is 1.44 bits per heavy atom. The van der Waals surface area contributed by atoms with Crippen LogP contribution in [0.4, 0.5) is 0 Å². The second-order valence-corrected chi connectivity index (χ2v) is 11.9. The molecule has 0 aromatic heterocycles. The van der Waals surface area contributed by atoms with E-state index in [4.69, 9.17) is 4.18 Å². The first-order valence-electron chi connectivity index (χ1n) is 11.0. The maximum absolute atomic E-state index is 13.2. The van der Waals surface area contributed by atoms with E-state index in [1.54, 1.807) is 30.3 Å². The number of dihydropyridines is 1. The van der Waals surface area contributed by atoms with Gasteiger partial charge in [-0.05, 0) is 65.9 Å².